The average molecular weight is 1150 g/mol. The van der Waals surface area contributed by atoms with Gasteiger partial charge in [0.05, 0.1) is 33.1 Å². The lowest BCUT2D eigenvalue weighted by Crippen LogP contribution is -1.93. The lowest BCUT2D eigenvalue weighted by molar-refractivity contribution is 1.30. The van der Waals surface area contributed by atoms with Crippen molar-refractivity contribution in [3.8, 4) is 22.3 Å². The first-order valence-electron chi connectivity index (χ1n) is 31.7. The topological polar surface area (TPSA) is 13.2 Å². The first-order valence-corrected chi connectivity index (χ1v) is 31.7. The molecule has 0 amide bonds. The molecule has 0 saturated heterocycles. The maximum absolute atomic E-state index is 2.53. The normalized spacial score (nSPS) is 12.6. The molecule has 0 bridgehead atoms. The van der Waals surface area contributed by atoms with Crippen molar-refractivity contribution in [3.05, 3.63) is 298 Å². The van der Waals surface area contributed by atoms with Crippen LogP contribution in [0.1, 0.15) is 0 Å². The van der Waals surface area contributed by atoms with Gasteiger partial charge in [-0.25, -0.2) is 0 Å². The quantitative estimate of drug-likeness (QED) is 0.121. The zero-order chi connectivity index (χ0) is 58.9. The number of hydrogen-bond donors (Lipinski definition) is 0. The number of rotatable bonds is 2. The molecule has 22 rings (SSSR count). The van der Waals surface area contributed by atoms with Gasteiger partial charge in [0.25, 0.3) is 0 Å². The number of aromatic nitrogens is 3. The summed E-state index contributed by atoms with van der Waals surface area (Å²) in [5.74, 6) is 0. The molecule has 91 heavy (non-hydrogen) atoms. The van der Waals surface area contributed by atoms with Crippen LogP contribution in [0.2, 0.25) is 0 Å². The van der Waals surface area contributed by atoms with Crippen LogP contribution in [-0.2, 0) is 0 Å². The summed E-state index contributed by atoms with van der Waals surface area (Å²) in [5, 5.41) is 36.4. The number of benzene rings is 16. The van der Waals surface area contributed by atoms with E-state index in [1.165, 1.54) is 212 Å². The molecule has 0 aliphatic carbocycles. The third kappa shape index (κ3) is 6.36. The smallest absolute Gasteiger partial charge is 0.0619 e. The summed E-state index contributed by atoms with van der Waals surface area (Å²) < 4.78 is 7.49. The SMILES string of the molecule is c1ccc2cc3c(cc2c1)c1c2ccccc2c2ccccc2c1n1cc2c(-c4ccc5cc6c(cc5c4)c4c5ccccc5ccc4n4cc5c(-c7ccc8cc9c(cc8c7)c7ccc8ccccc8c7n7cc8ccccc8c97)cccc5c64)cccc2c31. The van der Waals surface area contributed by atoms with E-state index in [1.807, 2.05) is 0 Å². The minimum absolute atomic E-state index is 1.20. The van der Waals surface area contributed by atoms with Gasteiger partial charge < -0.3 is 13.2 Å². The van der Waals surface area contributed by atoms with Gasteiger partial charge in [-0.2, -0.15) is 0 Å². The zero-order valence-electron chi connectivity index (χ0n) is 49.1. The van der Waals surface area contributed by atoms with Crippen molar-refractivity contribution >= 4 is 189 Å². The Bertz CT molecular complexity index is 7130. The van der Waals surface area contributed by atoms with Crippen LogP contribution < -0.4 is 0 Å². The molecular formula is C88H49N3. The Morgan fingerprint density at radius 1 is 0.165 bits per heavy atom. The second kappa shape index (κ2) is 17.4. The second-order valence-electron chi connectivity index (χ2n) is 25.5. The van der Waals surface area contributed by atoms with E-state index in [4.69, 9.17) is 0 Å². The zero-order valence-corrected chi connectivity index (χ0v) is 49.1. The van der Waals surface area contributed by atoms with E-state index >= 15 is 0 Å². The van der Waals surface area contributed by atoms with Crippen LogP contribution in [0, 0.1) is 0 Å². The summed E-state index contributed by atoms with van der Waals surface area (Å²) in [6.45, 7) is 0. The van der Waals surface area contributed by atoms with Gasteiger partial charge in [-0.05, 0) is 158 Å². The van der Waals surface area contributed by atoms with Gasteiger partial charge in [0, 0.05) is 94.0 Å². The van der Waals surface area contributed by atoms with Crippen LogP contribution >= 0.6 is 0 Å². The lowest BCUT2D eigenvalue weighted by atomic mass is 9.92. The summed E-state index contributed by atoms with van der Waals surface area (Å²) in [5.41, 5.74) is 12.3. The van der Waals surface area contributed by atoms with Crippen LogP contribution in [0.3, 0.4) is 0 Å². The largest absolute Gasteiger partial charge is 0.315 e. The molecule has 0 saturated carbocycles. The van der Waals surface area contributed by atoms with Crippen molar-refractivity contribution in [2.24, 2.45) is 0 Å². The number of hydrogen-bond acceptors (Lipinski definition) is 0. The van der Waals surface area contributed by atoms with Crippen LogP contribution in [0.5, 0.6) is 0 Å². The van der Waals surface area contributed by atoms with Crippen LogP contribution in [-0.4, -0.2) is 13.2 Å². The number of pyridine rings is 3. The highest BCUT2D eigenvalue weighted by Gasteiger charge is 2.23. The van der Waals surface area contributed by atoms with Gasteiger partial charge in [-0.15, -0.1) is 0 Å². The minimum atomic E-state index is 1.20. The number of fused-ring (bicyclic) bond motifs is 36. The molecule has 16 aromatic carbocycles. The van der Waals surface area contributed by atoms with Crippen molar-refractivity contribution in [2.45, 2.75) is 0 Å². The van der Waals surface area contributed by atoms with E-state index in [-0.39, 0.29) is 0 Å². The summed E-state index contributed by atoms with van der Waals surface area (Å²) in [6, 6.07) is 106. The molecule has 0 unspecified atom stereocenters. The molecule has 6 heterocycles. The predicted molar refractivity (Wildman–Crippen MR) is 390 cm³/mol. The molecule has 6 aromatic heterocycles. The highest BCUT2D eigenvalue weighted by molar-refractivity contribution is 6.36. The Morgan fingerprint density at radius 3 is 1.22 bits per heavy atom. The molecule has 0 spiro atoms. The van der Waals surface area contributed by atoms with E-state index in [0.29, 0.717) is 0 Å². The molecule has 22 aromatic rings. The molecule has 0 N–H and O–H groups in total. The fourth-order valence-electron chi connectivity index (χ4n) is 17.0. The Hall–Kier alpha value is -12.0. The number of nitrogens with zero attached hydrogens (tertiary/aromatic N) is 3. The van der Waals surface area contributed by atoms with Crippen LogP contribution in [0.15, 0.2) is 298 Å². The monoisotopic (exact) mass is 1150 g/mol. The third-order valence-corrected chi connectivity index (χ3v) is 21.0. The summed E-state index contributed by atoms with van der Waals surface area (Å²) in [7, 11) is 0. The Kier molecular flexibility index (Phi) is 9.18. The van der Waals surface area contributed by atoms with Gasteiger partial charge in [0.2, 0.25) is 0 Å². The first-order chi connectivity index (χ1) is 45.1. The van der Waals surface area contributed by atoms with Crippen molar-refractivity contribution in [1.29, 1.82) is 0 Å². The fraction of sp³-hybridized carbons (Fsp3) is 0. The van der Waals surface area contributed by atoms with Crippen molar-refractivity contribution in [1.82, 2.24) is 13.2 Å². The van der Waals surface area contributed by atoms with Gasteiger partial charge in [-0.3, -0.25) is 0 Å². The summed E-state index contributed by atoms with van der Waals surface area (Å²) in [4.78, 5) is 0. The van der Waals surface area contributed by atoms with Crippen molar-refractivity contribution in [3.63, 3.8) is 0 Å². The Morgan fingerprint density at radius 2 is 0.549 bits per heavy atom. The molecule has 0 aliphatic heterocycles. The average Bonchev–Trinajstić information content (AvgIpc) is 1.68. The molecular weight excluding hydrogens is 1100 g/mol. The summed E-state index contributed by atoms with van der Waals surface area (Å²) >= 11 is 0. The molecule has 416 valence electrons. The first kappa shape index (κ1) is 48.0. The maximum Gasteiger partial charge on any atom is 0.0619 e. The highest BCUT2D eigenvalue weighted by atomic mass is 14.9. The van der Waals surface area contributed by atoms with E-state index in [2.05, 4.69) is 311 Å². The Balaban J connectivity index is 0.763. The molecule has 3 heteroatoms. The molecule has 0 radical (unpaired) electrons. The van der Waals surface area contributed by atoms with E-state index in [1.54, 1.807) is 0 Å². The highest BCUT2D eigenvalue weighted by Crippen LogP contribution is 2.48. The van der Waals surface area contributed by atoms with Gasteiger partial charge in [0.15, 0.2) is 0 Å². The van der Waals surface area contributed by atoms with Gasteiger partial charge in [-0.1, -0.05) is 224 Å². The molecule has 0 fully saturated rings. The maximum atomic E-state index is 2.53. The third-order valence-electron chi connectivity index (χ3n) is 21.0. The van der Waals surface area contributed by atoms with Gasteiger partial charge >= 0.3 is 0 Å². The van der Waals surface area contributed by atoms with Crippen LogP contribution in [0.25, 0.3) is 212 Å². The summed E-state index contributed by atoms with van der Waals surface area (Å²) in [6.07, 6.45) is 7.20. The second-order valence-corrected chi connectivity index (χ2v) is 25.5. The van der Waals surface area contributed by atoms with E-state index in [9.17, 15) is 0 Å². The minimum Gasteiger partial charge on any atom is -0.315 e. The standard InChI is InChI=1S/C88H49N3/c1-2-18-53-42-78-75(41-52(53)17-1)83-68-25-11-9-23-66(68)67-24-10-12-26-69(67)88(83)91-49-80-62(28-14-30-71(80)87(78)91)57-34-32-55-44-77-74(46-60(55)40-57)82-63-20-6-3-15-50(63)36-38-81(82)89-48-79-61(27-13-29-70(79)86(77)89)56-33-31-54-43-76-73(45-59(54)39-56)72-37-35-51-16-4-7-21-64(51)84(72)90-47-58-19-5-8-22-65(58)85(76)90/h1-49H. The predicted octanol–water partition coefficient (Wildman–Crippen LogP) is 24.2. The molecule has 3 nitrogen and oxygen atoms in total. The Labute approximate surface area is 519 Å². The van der Waals surface area contributed by atoms with Crippen molar-refractivity contribution in [2.75, 3.05) is 0 Å². The van der Waals surface area contributed by atoms with Crippen LogP contribution in [0.4, 0.5) is 0 Å². The fourth-order valence-corrected chi connectivity index (χ4v) is 17.0. The van der Waals surface area contributed by atoms with E-state index in [0.717, 1.165) is 0 Å². The molecule has 0 atom stereocenters. The van der Waals surface area contributed by atoms with E-state index < -0.39 is 0 Å². The van der Waals surface area contributed by atoms with Gasteiger partial charge in [0.1, 0.15) is 0 Å². The lowest BCUT2D eigenvalue weighted by Gasteiger charge is -2.16. The van der Waals surface area contributed by atoms with Crippen molar-refractivity contribution < 1.29 is 0 Å². The molecule has 0 aliphatic rings.